The van der Waals surface area contributed by atoms with Gasteiger partial charge in [0.1, 0.15) is 0 Å². The zero-order valence-electron chi connectivity index (χ0n) is 11.3. The SMILES string of the molecule is Cc1ccc(Nc2nc3ccc(N)cc3c(=O)[nH]2)c(Br)c1. The minimum absolute atomic E-state index is 0.224. The summed E-state index contributed by atoms with van der Waals surface area (Å²) in [6, 6.07) is 11.0. The molecule has 0 aliphatic rings. The lowest BCUT2D eigenvalue weighted by atomic mass is 10.2. The molecule has 4 N–H and O–H groups in total. The Labute approximate surface area is 129 Å². The highest BCUT2D eigenvalue weighted by Gasteiger charge is 2.06. The Morgan fingerprint density at radius 1 is 1.24 bits per heavy atom. The maximum absolute atomic E-state index is 12.1. The van der Waals surface area contributed by atoms with Crippen LogP contribution >= 0.6 is 15.9 Å². The number of anilines is 3. The third-order valence-corrected chi connectivity index (χ3v) is 3.76. The number of aryl methyl sites for hydroxylation is 1. The molecule has 0 fully saturated rings. The first-order chi connectivity index (χ1) is 10.0. The van der Waals surface area contributed by atoms with Gasteiger partial charge in [0.15, 0.2) is 0 Å². The predicted molar refractivity (Wildman–Crippen MR) is 88.9 cm³/mol. The summed E-state index contributed by atoms with van der Waals surface area (Å²) in [7, 11) is 0. The molecule has 0 bridgehead atoms. The van der Waals surface area contributed by atoms with E-state index in [9.17, 15) is 4.79 Å². The number of nitrogens with two attached hydrogens (primary N) is 1. The van der Waals surface area contributed by atoms with Gasteiger partial charge >= 0.3 is 0 Å². The van der Waals surface area contributed by atoms with Crippen LogP contribution in [0.3, 0.4) is 0 Å². The maximum atomic E-state index is 12.1. The van der Waals surface area contributed by atoms with Crippen molar-refractivity contribution >= 4 is 44.2 Å². The van der Waals surface area contributed by atoms with E-state index < -0.39 is 0 Å². The molecule has 0 unspecified atom stereocenters. The molecule has 0 radical (unpaired) electrons. The van der Waals surface area contributed by atoms with Gasteiger partial charge in [0.25, 0.3) is 5.56 Å². The van der Waals surface area contributed by atoms with E-state index in [1.54, 1.807) is 18.2 Å². The quantitative estimate of drug-likeness (QED) is 0.622. The number of nitrogens with one attached hydrogen (secondary N) is 2. The molecule has 1 heterocycles. The molecule has 0 aliphatic heterocycles. The highest BCUT2D eigenvalue weighted by molar-refractivity contribution is 9.10. The van der Waals surface area contributed by atoms with Crippen LogP contribution in [0.25, 0.3) is 10.9 Å². The summed E-state index contributed by atoms with van der Waals surface area (Å²) in [5.41, 5.74) is 8.57. The highest BCUT2D eigenvalue weighted by Crippen LogP contribution is 2.25. The fourth-order valence-corrected chi connectivity index (χ4v) is 2.66. The van der Waals surface area contributed by atoms with Gasteiger partial charge in [-0.2, -0.15) is 0 Å². The molecule has 2 aromatic carbocycles. The molecule has 0 amide bonds. The van der Waals surface area contributed by atoms with Crippen LogP contribution in [0, 0.1) is 6.92 Å². The minimum Gasteiger partial charge on any atom is -0.399 e. The molecule has 106 valence electrons. The van der Waals surface area contributed by atoms with Crippen molar-refractivity contribution in [1.82, 2.24) is 9.97 Å². The Morgan fingerprint density at radius 2 is 2.05 bits per heavy atom. The fourth-order valence-electron chi connectivity index (χ4n) is 2.06. The molecule has 1 aromatic heterocycles. The van der Waals surface area contributed by atoms with Crippen molar-refractivity contribution in [2.45, 2.75) is 6.92 Å². The zero-order valence-corrected chi connectivity index (χ0v) is 12.9. The molecule has 0 saturated carbocycles. The number of halogens is 1. The molecule has 3 rings (SSSR count). The number of fused-ring (bicyclic) bond motifs is 1. The lowest BCUT2D eigenvalue weighted by molar-refractivity contribution is 1.17. The predicted octanol–water partition coefficient (Wildman–Crippen LogP) is 3.32. The summed E-state index contributed by atoms with van der Waals surface area (Å²) in [6.45, 7) is 2.01. The second-order valence-corrected chi connectivity index (χ2v) is 5.65. The molecule has 3 aromatic rings. The molecular weight excluding hydrogens is 332 g/mol. The lowest BCUT2D eigenvalue weighted by Crippen LogP contribution is -2.11. The largest absolute Gasteiger partial charge is 0.399 e. The van der Waals surface area contributed by atoms with Crippen molar-refractivity contribution in [3.63, 3.8) is 0 Å². The van der Waals surface area contributed by atoms with Crippen molar-refractivity contribution in [2.75, 3.05) is 11.1 Å². The normalized spacial score (nSPS) is 10.8. The van der Waals surface area contributed by atoms with Gasteiger partial charge in [-0.3, -0.25) is 9.78 Å². The number of nitrogen functional groups attached to an aromatic ring is 1. The molecule has 0 saturated heterocycles. The van der Waals surface area contributed by atoms with Crippen LogP contribution < -0.4 is 16.6 Å². The van der Waals surface area contributed by atoms with E-state index in [4.69, 9.17) is 5.73 Å². The number of hydrogen-bond acceptors (Lipinski definition) is 4. The van der Waals surface area contributed by atoms with Gasteiger partial charge < -0.3 is 11.1 Å². The smallest absolute Gasteiger partial charge is 0.260 e. The standard InChI is InChI=1S/C15H13BrN4O/c1-8-2-4-13(11(16)6-8)19-15-18-12-5-3-9(17)7-10(12)14(21)20-15/h2-7H,17H2,1H3,(H2,18,19,20,21). The van der Waals surface area contributed by atoms with Crippen LogP contribution in [-0.2, 0) is 0 Å². The van der Waals surface area contributed by atoms with E-state index in [-0.39, 0.29) is 5.56 Å². The maximum Gasteiger partial charge on any atom is 0.260 e. The topological polar surface area (TPSA) is 83.8 Å². The summed E-state index contributed by atoms with van der Waals surface area (Å²) >= 11 is 3.48. The lowest BCUT2D eigenvalue weighted by Gasteiger charge is -2.09. The third kappa shape index (κ3) is 2.75. The Balaban J connectivity index is 2.05. The van der Waals surface area contributed by atoms with Crippen LogP contribution in [0.5, 0.6) is 0 Å². The number of aromatic nitrogens is 2. The number of benzene rings is 2. The number of hydrogen-bond donors (Lipinski definition) is 3. The first-order valence-electron chi connectivity index (χ1n) is 6.36. The Bertz CT molecular complexity index is 888. The molecule has 21 heavy (non-hydrogen) atoms. The molecule has 5 nitrogen and oxygen atoms in total. The van der Waals surface area contributed by atoms with Crippen molar-refractivity contribution in [3.8, 4) is 0 Å². The fraction of sp³-hybridized carbons (Fsp3) is 0.0667. The summed E-state index contributed by atoms with van der Waals surface area (Å²) in [4.78, 5) is 19.2. The van der Waals surface area contributed by atoms with Gasteiger partial charge in [-0.25, -0.2) is 4.98 Å². The van der Waals surface area contributed by atoms with Crippen molar-refractivity contribution in [1.29, 1.82) is 0 Å². The molecular formula is C15H13BrN4O. The monoisotopic (exact) mass is 344 g/mol. The summed E-state index contributed by atoms with van der Waals surface area (Å²) in [5.74, 6) is 0.391. The second-order valence-electron chi connectivity index (χ2n) is 4.80. The van der Waals surface area contributed by atoms with Crippen LogP contribution in [0.4, 0.5) is 17.3 Å². The molecule has 0 spiro atoms. The zero-order chi connectivity index (χ0) is 15.0. The van der Waals surface area contributed by atoms with Crippen molar-refractivity contribution in [3.05, 3.63) is 56.8 Å². The first-order valence-corrected chi connectivity index (χ1v) is 7.15. The van der Waals surface area contributed by atoms with Crippen molar-refractivity contribution < 1.29 is 0 Å². The summed E-state index contributed by atoms with van der Waals surface area (Å²) < 4.78 is 0.905. The first kappa shape index (κ1) is 13.6. The Hall–Kier alpha value is -2.34. The minimum atomic E-state index is -0.224. The summed E-state index contributed by atoms with van der Waals surface area (Å²) in [6.07, 6.45) is 0. The Kier molecular flexibility index (Phi) is 3.39. The number of nitrogens with zero attached hydrogens (tertiary/aromatic N) is 1. The van der Waals surface area contributed by atoms with Gasteiger partial charge in [-0.15, -0.1) is 0 Å². The van der Waals surface area contributed by atoms with E-state index in [1.165, 1.54) is 0 Å². The number of H-pyrrole nitrogens is 1. The van der Waals surface area contributed by atoms with E-state index in [2.05, 4.69) is 31.2 Å². The Morgan fingerprint density at radius 3 is 2.81 bits per heavy atom. The summed E-state index contributed by atoms with van der Waals surface area (Å²) in [5, 5.41) is 3.58. The van der Waals surface area contributed by atoms with Crippen LogP contribution in [0.2, 0.25) is 0 Å². The van der Waals surface area contributed by atoms with E-state index in [0.29, 0.717) is 22.5 Å². The highest BCUT2D eigenvalue weighted by atomic mass is 79.9. The van der Waals surface area contributed by atoms with Crippen LogP contribution in [-0.4, -0.2) is 9.97 Å². The second kappa shape index (κ2) is 5.21. The van der Waals surface area contributed by atoms with Crippen LogP contribution in [0.15, 0.2) is 45.7 Å². The third-order valence-electron chi connectivity index (χ3n) is 3.11. The van der Waals surface area contributed by atoms with Gasteiger partial charge in [0, 0.05) is 10.2 Å². The van der Waals surface area contributed by atoms with Gasteiger partial charge in [-0.05, 0) is 58.7 Å². The van der Waals surface area contributed by atoms with Gasteiger partial charge in [-0.1, -0.05) is 6.07 Å². The van der Waals surface area contributed by atoms with E-state index >= 15 is 0 Å². The van der Waals surface area contributed by atoms with Crippen molar-refractivity contribution in [2.24, 2.45) is 0 Å². The number of rotatable bonds is 2. The number of aromatic amines is 1. The van der Waals surface area contributed by atoms with Gasteiger partial charge in [0.2, 0.25) is 5.95 Å². The average molecular weight is 345 g/mol. The van der Waals surface area contributed by atoms with E-state index in [1.807, 2.05) is 25.1 Å². The van der Waals surface area contributed by atoms with E-state index in [0.717, 1.165) is 15.7 Å². The molecule has 6 heteroatoms. The van der Waals surface area contributed by atoms with Crippen LogP contribution in [0.1, 0.15) is 5.56 Å². The average Bonchev–Trinajstić information content (AvgIpc) is 2.43. The molecule has 0 atom stereocenters. The van der Waals surface area contributed by atoms with Gasteiger partial charge in [0.05, 0.1) is 16.6 Å². The molecule has 0 aliphatic carbocycles.